The molecule has 0 aliphatic carbocycles. The van der Waals surface area contributed by atoms with Gasteiger partial charge in [-0.15, -0.1) is 0 Å². The molecule has 2 aliphatic rings. The summed E-state index contributed by atoms with van der Waals surface area (Å²) >= 11 is 0. The van der Waals surface area contributed by atoms with Gasteiger partial charge in [-0.2, -0.15) is 0 Å². The largest absolute Gasteiger partial charge is 0.362 e. The number of fused-ring (bicyclic) bond motifs is 5. The summed E-state index contributed by atoms with van der Waals surface area (Å²) in [6, 6.07) is 13.7. The van der Waals surface area contributed by atoms with Crippen LogP contribution in [0.15, 0.2) is 42.6 Å². The lowest BCUT2D eigenvalue weighted by Gasteiger charge is -2.31. The van der Waals surface area contributed by atoms with Crippen molar-refractivity contribution in [3.8, 4) is 0 Å². The van der Waals surface area contributed by atoms with E-state index in [1.165, 1.54) is 28.9 Å². The van der Waals surface area contributed by atoms with Crippen LogP contribution in [0.4, 0.5) is 5.69 Å². The minimum atomic E-state index is 0.483. The Labute approximate surface area is 126 Å². The van der Waals surface area contributed by atoms with E-state index in [1.807, 2.05) is 6.20 Å². The molecule has 1 saturated heterocycles. The molecule has 4 rings (SSSR count). The Kier molecular flexibility index (Phi) is 3.15. The van der Waals surface area contributed by atoms with Gasteiger partial charge in [-0.25, -0.2) is 0 Å². The van der Waals surface area contributed by atoms with E-state index in [0.29, 0.717) is 6.04 Å². The maximum absolute atomic E-state index is 4.66. The third kappa shape index (κ3) is 2.22. The van der Waals surface area contributed by atoms with Crippen LogP contribution in [-0.4, -0.2) is 36.6 Å². The third-order valence-corrected chi connectivity index (χ3v) is 4.83. The monoisotopic (exact) mass is 279 g/mol. The van der Waals surface area contributed by atoms with Crippen LogP contribution >= 0.6 is 0 Å². The minimum absolute atomic E-state index is 0.483. The van der Waals surface area contributed by atoms with E-state index >= 15 is 0 Å². The van der Waals surface area contributed by atoms with E-state index in [0.717, 1.165) is 26.1 Å². The lowest BCUT2D eigenvalue weighted by atomic mass is 9.96. The molecule has 2 aromatic rings. The predicted molar refractivity (Wildman–Crippen MR) is 85.7 cm³/mol. The Hall–Kier alpha value is -1.87. The van der Waals surface area contributed by atoms with E-state index in [1.54, 1.807) is 0 Å². The number of hydrogen-bond donors (Lipinski definition) is 0. The molecular weight excluding hydrogens is 258 g/mol. The molecule has 2 aliphatic heterocycles. The van der Waals surface area contributed by atoms with Crippen LogP contribution in [0.2, 0.25) is 0 Å². The number of hydrogen-bond acceptors (Lipinski definition) is 3. The highest BCUT2D eigenvalue weighted by Gasteiger charge is 2.30. The van der Waals surface area contributed by atoms with Crippen molar-refractivity contribution in [2.45, 2.75) is 18.9 Å². The normalized spacial score (nSPS) is 21.8. The number of anilines is 1. The predicted octanol–water partition coefficient (Wildman–Crippen LogP) is 2.87. The summed E-state index contributed by atoms with van der Waals surface area (Å²) in [5.74, 6) is 0. The molecule has 1 unspecified atom stereocenters. The Morgan fingerprint density at radius 2 is 1.95 bits per heavy atom. The maximum atomic E-state index is 4.66. The quantitative estimate of drug-likeness (QED) is 0.739. The topological polar surface area (TPSA) is 19.4 Å². The highest BCUT2D eigenvalue weighted by molar-refractivity contribution is 5.58. The molecule has 0 bridgehead atoms. The first-order valence-electron chi connectivity index (χ1n) is 7.80. The molecule has 0 saturated carbocycles. The van der Waals surface area contributed by atoms with Gasteiger partial charge in [0.15, 0.2) is 0 Å². The van der Waals surface area contributed by atoms with Crippen LogP contribution in [-0.2, 0) is 6.42 Å². The molecule has 0 radical (unpaired) electrons. The maximum Gasteiger partial charge on any atom is 0.0680 e. The van der Waals surface area contributed by atoms with E-state index in [-0.39, 0.29) is 0 Å². The second-order valence-electron chi connectivity index (χ2n) is 6.15. The third-order valence-electron chi connectivity index (χ3n) is 4.83. The first-order valence-corrected chi connectivity index (χ1v) is 7.80. The van der Waals surface area contributed by atoms with Crippen molar-refractivity contribution in [3.05, 3.63) is 59.4 Å². The molecule has 0 amide bonds. The van der Waals surface area contributed by atoms with Gasteiger partial charge in [-0.3, -0.25) is 4.98 Å². The van der Waals surface area contributed by atoms with Crippen LogP contribution < -0.4 is 4.90 Å². The van der Waals surface area contributed by atoms with Crippen molar-refractivity contribution in [2.75, 3.05) is 31.6 Å². The van der Waals surface area contributed by atoms with Gasteiger partial charge in [0.1, 0.15) is 0 Å². The zero-order valence-electron chi connectivity index (χ0n) is 12.5. The molecule has 0 N–H and O–H groups in total. The zero-order chi connectivity index (χ0) is 14.2. The average Bonchev–Trinajstić information content (AvgIpc) is 2.78. The van der Waals surface area contributed by atoms with Crippen molar-refractivity contribution in [1.29, 1.82) is 0 Å². The number of benzene rings is 1. The van der Waals surface area contributed by atoms with Crippen molar-refractivity contribution in [1.82, 2.24) is 9.88 Å². The number of likely N-dealkylation sites (N-methyl/N-ethyl adjacent to an activating group) is 1. The second kappa shape index (κ2) is 5.15. The molecule has 108 valence electrons. The molecule has 3 heteroatoms. The van der Waals surface area contributed by atoms with Crippen LogP contribution in [0.25, 0.3) is 0 Å². The summed E-state index contributed by atoms with van der Waals surface area (Å²) in [4.78, 5) is 9.68. The van der Waals surface area contributed by atoms with Crippen LogP contribution in [0.3, 0.4) is 0 Å². The van der Waals surface area contributed by atoms with Crippen molar-refractivity contribution in [3.63, 3.8) is 0 Å². The molecule has 3 nitrogen and oxygen atoms in total. The summed E-state index contributed by atoms with van der Waals surface area (Å²) in [6.45, 7) is 3.35. The number of pyridine rings is 1. The smallest absolute Gasteiger partial charge is 0.0680 e. The van der Waals surface area contributed by atoms with E-state index in [2.05, 4.69) is 58.2 Å². The Bertz CT molecular complexity index is 597. The van der Waals surface area contributed by atoms with Crippen molar-refractivity contribution < 1.29 is 0 Å². The molecule has 3 heterocycles. The second-order valence-corrected chi connectivity index (χ2v) is 6.15. The van der Waals surface area contributed by atoms with Crippen LogP contribution in [0.5, 0.6) is 0 Å². The summed E-state index contributed by atoms with van der Waals surface area (Å²) in [5, 5.41) is 0. The number of aromatic nitrogens is 1. The number of nitrogens with zero attached hydrogens (tertiary/aromatic N) is 3. The summed E-state index contributed by atoms with van der Waals surface area (Å²) in [7, 11) is 2.22. The first kappa shape index (κ1) is 12.8. The van der Waals surface area contributed by atoms with Gasteiger partial charge in [0.05, 0.1) is 17.4 Å². The Morgan fingerprint density at radius 1 is 1.05 bits per heavy atom. The lowest BCUT2D eigenvalue weighted by molar-refractivity contribution is 0.355. The van der Waals surface area contributed by atoms with Gasteiger partial charge < -0.3 is 9.80 Å². The fourth-order valence-electron chi connectivity index (χ4n) is 3.68. The molecule has 1 aromatic heterocycles. The van der Waals surface area contributed by atoms with Crippen LogP contribution in [0, 0.1) is 0 Å². The average molecular weight is 279 g/mol. The zero-order valence-corrected chi connectivity index (χ0v) is 12.5. The molecule has 0 spiro atoms. The van der Waals surface area contributed by atoms with Crippen molar-refractivity contribution in [2.24, 2.45) is 0 Å². The highest BCUT2D eigenvalue weighted by Crippen LogP contribution is 2.38. The molecule has 1 fully saturated rings. The minimum Gasteiger partial charge on any atom is -0.362 e. The molecule has 1 atom stereocenters. The van der Waals surface area contributed by atoms with Crippen molar-refractivity contribution >= 4 is 5.69 Å². The number of rotatable bonds is 0. The van der Waals surface area contributed by atoms with Gasteiger partial charge in [0.25, 0.3) is 0 Å². The van der Waals surface area contributed by atoms with Crippen LogP contribution in [0.1, 0.15) is 29.3 Å². The van der Waals surface area contributed by atoms with Gasteiger partial charge >= 0.3 is 0 Å². The molecule has 21 heavy (non-hydrogen) atoms. The fraction of sp³-hybridized carbons (Fsp3) is 0.389. The van der Waals surface area contributed by atoms with E-state index in [9.17, 15) is 0 Å². The Balaban J connectivity index is 1.88. The lowest BCUT2D eigenvalue weighted by Crippen LogP contribution is -2.31. The summed E-state index contributed by atoms with van der Waals surface area (Å²) in [5.41, 5.74) is 5.48. The summed E-state index contributed by atoms with van der Waals surface area (Å²) in [6.07, 6.45) is 4.06. The van der Waals surface area contributed by atoms with Gasteiger partial charge in [0, 0.05) is 32.3 Å². The SMILES string of the molecule is CN1CCC2c3ccccc3Cc3ncccc3N2CC1. The first-order chi connectivity index (χ1) is 10.3. The van der Waals surface area contributed by atoms with E-state index < -0.39 is 0 Å². The molecule has 1 aromatic carbocycles. The van der Waals surface area contributed by atoms with E-state index in [4.69, 9.17) is 0 Å². The van der Waals surface area contributed by atoms with Gasteiger partial charge in [-0.05, 0) is 36.7 Å². The van der Waals surface area contributed by atoms with Gasteiger partial charge in [0.2, 0.25) is 0 Å². The Morgan fingerprint density at radius 3 is 2.90 bits per heavy atom. The molecular formula is C18H21N3. The van der Waals surface area contributed by atoms with Gasteiger partial charge in [-0.1, -0.05) is 24.3 Å². The standard InChI is InChI=1S/C18H21N3/c1-20-10-8-17-15-6-3-2-5-14(15)13-16-18(7-4-9-19-16)21(17)12-11-20/h2-7,9,17H,8,10-13H2,1H3. The summed E-state index contributed by atoms with van der Waals surface area (Å²) < 4.78 is 0. The fourth-order valence-corrected chi connectivity index (χ4v) is 3.68. The highest BCUT2D eigenvalue weighted by atomic mass is 15.2.